The molecule has 0 aromatic heterocycles. The maximum Gasteiger partial charge on any atom is 0.363 e. The smallest absolute Gasteiger partial charge is 0.363 e. The van der Waals surface area contributed by atoms with Crippen molar-refractivity contribution in [1.82, 2.24) is 3.89 Å². The van der Waals surface area contributed by atoms with Gasteiger partial charge in [-0.05, 0) is 18.2 Å². The lowest BCUT2D eigenvalue weighted by atomic mass is 10.2. The van der Waals surface area contributed by atoms with E-state index in [1.54, 1.807) is 0 Å². The Kier molecular flexibility index (Phi) is 5.93. The Morgan fingerprint density at radius 1 is 1.16 bits per heavy atom. The highest BCUT2D eigenvalue weighted by Gasteiger charge is 2.35. The first-order valence-electron chi connectivity index (χ1n) is 6.61. The van der Waals surface area contributed by atoms with Crippen molar-refractivity contribution in [2.45, 2.75) is 0 Å². The second-order valence-electron chi connectivity index (χ2n) is 5.29. The number of rotatable bonds is 5. The zero-order valence-electron chi connectivity index (χ0n) is 12.9. The second kappa shape index (κ2) is 7.45. The first-order valence-corrected chi connectivity index (χ1v) is 8.80. The summed E-state index contributed by atoms with van der Waals surface area (Å²) in [6, 6.07) is 6.66. The van der Waals surface area contributed by atoms with Crippen molar-refractivity contribution in [3.05, 3.63) is 55.5 Å². The van der Waals surface area contributed by atoms with Gasteiger partial charge in [0.1, 0.15) is 5.75 Å². The summed E-state index contributed by atoms with van der Waals surface area (Å²) in [7, 11) is 2.70. The molecule has 0 amide bonds. The molecule has 0 aliphatic rings. The van der Waals surface area contributed by atoms with Gasteiger partial charge >= 0.3 is 17.0 Å². The van der Waals surface area contributed by atoms with Gasteiger partial charge in [-0.25, -0.2) is 0 Å². The van der Waals surface area contributed by atoms with Crippen LogP contribution in [0, 0.1) is 10.1 Å². The number of hydrogen-bond acceptors (Lipinski definition) is 4. The number of nitrogens with zero attached hydrogens (tertiary/aromatic N) is 2. The Bertz CT molecular complexity index is 853. The van der Waals surface area contributed by atoms with Crippen LogP contribution in [0.4, 0.5) is 11.4 Å². The fourth-order valence-electron chi connectivity index (χ4n) is 1.98. The largest absolute Gasteiger partial charge is 0.454 e. The van der Waals surface area contributed by atoms with Crippen LogP contribution in [-0.4, -0.2) is 27.8 Å². The van der Waals surface area contributed by atoms with Gasteiger partial charge in [0, 0.05) is 11.1 Å². The quantitative estimate of drug-likeness (QED) is 0.313. The Labute approximate surface area is 160 Å². The van der Waals surface area contributed by atoms with Gasteiger partial charge in [-0.15, -0.1) is 0 Å². The van der Waals surface area contributed by atoms with Crippen molar-refractivity contribution in [2.75, 3.05) is 14.1 Å². The van der Waals surface area contributed by atoms with E-state index in [1.807, 2.05) is 0 Å². The van der Waals surface area contributed by atoms with Crippen LogP contribution >= 0.6 is 34.8 Å². The fraction of sp³-hybridized carbons (Fsp3) is 0.143. The maximum absolute atomic E-state index is 11.6. The van der Waals surface area contributed by atoms with Gasteiger partial charge in [-0.2, -0.15) is 8.10 Å². The lowest BCUT2D eigenvalue weighted by Crippen LogP contribution is -2.42. The molecular weight excluding hydrogens is 415 g/mol. The fourth-order valence-corrected chi connectivity index (χ4v) is 3.19. The molecule has 11 heteroatoms. The highest BCUT2D eigenvalue weighted by molar-refractivity contribution is 7.78. The standard InChI is InChI=1S/C14H11Cl3N2O5S/c1-19(2,25(22)23)13-7-9(3-4-12(13)18(20)21)24-14-10(16)5-8(15)6-11(14)17/h3-7H,1-2H3/p+1. The van der Waals surface area contributed by atoms with Crippen molar-refractivity contribution in [3.8, 4) is 11.5 Å². The Morgan fingerprint density at radius 2 is 1.72 bits per heavy atom. The molecule has 0 bridgehead atoms. The number of hydrogen-bond donors (Lipinski definition) is 1. The van der Waals surface area contributed by atoms with Gasteiger partial charge in [-0.3, -0.25) is 14.7 Å². The molecule has 25 heavy (non-hydrogen) atoms. The number of benzene rings is 2. The molecule has 0 heterocycles. The summed E-state index contributed by atoms with van der Waals surface area (Å²) in [4.78, 5) is 10.6. The molecule has 134 valence electrons. The minimum absolute atomic E-state index is 0.0236. The number of ether oxygens (including phenoxy) is 1. The molecule has 0 aliphatic carbocycles. The van der Waals surface area contributed by atoms with E-state index in [2.05, 4.69) is 0 Å². The first kappa shape index (κ1) is 19.9. The van der Waals surface area contributed by atoms with Gasteiger partial charge in [-0.1, -0.05) is 34.8 Å². The van der Waals surface area contributed by atoms with Crippen LogP contribution in [0.25, 0.3) is 0 Å². The molecule has 1 atom stereocenters. The third-order valence-electron chi connectivity index (χ3n) is 3.30. The summed E-state index contributed by atoms with van der Waals surface area (Å²) in [6.07, 6.45) is 0. The predicted octanol–water partition coefficient (Wildman–Crippen LogP) is 5.05. The Balaban J connectivity index is 2.55. The molecule has 0 spiro atoms. The van der Waals surface area contributed by atoms with Gasteiger partial charge in [0.05, 0.1) is 35.1 Å². The molecule has 0 fully saturated rings. The van der Waals surface area contributed by atoms with Gasteiger partial charge in [0.15, 0.2) is 5.75 Å². The first-order chi connectivity index (χ1) is 11.5. The lowest BCUT2D eigenvalue weighted by molar-refractivity contribution is -0.384. The van der Waals surface area contributed by atoms with Crippen LogP contribution in [-0.2, 0) is 11.3 Å². The monoisotopic (exact) mass is 425 g/mol. The molecule has 0 saturated heterocycles. The number of nitro groups is 1. The minimum Gasteiger partial charge on any atom is -0.454 e. The zero-order valence-corrected chi connectivity index (χ0v) is 16.0. The Morgan fingerprint density at radius 3 is 2.20 bits per heavy atom. The molecule has 2 aromatic rings. The molecule has 0 saturated carbocycles. The minimum atomic E-state index is -2.41. The summed E-state index contributed by atoms with van der Waals surface area (Å²) in [5, 5.41) is 11.8. The topological polar surface area (TPSA) is 89.7 Å². The molecular formula is C14H12Cl3N2O5S+. The van der Waals surface area contributed by atoms with Crippen molar-refractivity contribution in [1.29, 1.82) is 0 Å². The lowest BCUT2D eigenvalue weighted by Gasteiger charge is -2.22. The number of quaternary nitrogens is 1. The van der Waals surface area contributed by atoms with Crippen LogP contribution in [0.5, 0.6) is 11.5 Å². The summed E-state index contributed by atoms with van der Waals surface area (Å²) >= 11 is 15.5. The highest BCUT2D eigenvalue weighted by Crippen LogP contribution is 2.41. The summed E-state index contributed by atoms with van der Waals surface area (Å²) in [5.74, 6) is 0.270. The van der Waals surface area contributed by atoms with E-state index in [-0.39, 0.29) is 32.9 Å². The van der Waals surface area contributed by atoms with E-state index in [1.165, 1.54) is 44.4 Å². The van der Waals surface area contributed by atoms with Crippen molar-refractivity contribution >= 4 is 57.4 Å². The van der Waals surface area contributed by atoms with Crippen LogP contribution in [0.3, 0.4) is 0 Å². The molecule has 1 unspecified atom stereocenters. The summed E-state index contributed by atoms with van der Waals surface area (Å²) in [6.45, 7) is 0. The van der Waals surface area contributed by atoms with Crippen LogP contribution < -0.4 is 8.63 Å². The van der Waals surface area contributed by atoms with E-state index in [9.17, 15) is 18.9 Å². The molecule has 0 radical (unpaired) electrons. The van der Waals surface area contributed by atoms with E-state index < -0.39 is 20.1 Å². The van der Waals surface area contributed by atoms with Crippen molar-refractivity contribution < 1.29 is 18.4 Å². The maximum atomic E-state index is 11.6. The molecule has 7 nitrogen and oxygen atoms in total. The second-order valence-corrected chi connectivity index (χ2v) is 7.91. The van der Waals surface area contributed by atoms with Gasteiger partial charge < -0.3 is 4.74 Å². The SMILES string of the molecule is C[N+](C)(c1cc(Oc2c(Cl)cc(Cl)cc2Cl)ccc1[N+](=O)[O-])S(=O)O. The van der Waals surface area contributed by atoms with Crippen molar-refractivity contribution in [2.24, 2.45) is 0 Å². The number of halogens is 3. The van der Waals surface area contributed by atoms with E-state index in [4.69, 9.17) is 39.5 Å². The zero-order chi connectivity index (χ0) is 18.9. The van der Waals surface area contributed by atoms with E-state index in [0.29, 0.717) is 5.02 Å². The third-order valence-corrected chi connectivity index (χ3v) is 5.05. The molecule has 2 rings (SSSR count). The van der Waals surface area contributed by atoms with E-state index >= 15 is 0 Å². The predicted molar refractivity (Wildman–Crippen MR) is 99.1 cm³/mol. The summed E-state index contributed by atoms with van der Waals surface area (Å²) in [5.41, 5.74) is -0.349. The van der Waals surface area contributed by atoms with Crippen LogP contribution in [0.1, 0.15) is 0 Å². The normalized spacial score (nSPS) is 12.7. The Hall–Kier alpha value is -1.42. The average Bonchev–Trinajstić information content (AvgIpc) is 2.50. The van der Waals surface area contributed by atoms with E-state index in [0.717, 1.165) is 0 Å². The van der Waals surface area contributed by atoms with Gasteiger partial charge in [0.25, 0.3) is 0 Å². The number of nitro benzene ring substituents is 1. The van der Waals surface area contributed by atoms with Crippen LogP contribution in [0.15, 0.2) is 30.3 Å². The average molecular weight is 427 g/mol. The third kappa shape index (κ3) is 4.22. The molecule has 1 N–H and O–H groups in total. The van der Waals surface area contributed by atoms with Crippen molar-refractivity contribution in [3.63, 3.8) is 0 Å². The van der Waals surface area contributed by atoms with Gasteiger partial charge in [0.2, 0.25) is 5.69 Å². The van der Waals surface area contributed by atoms with Crippen LogP contribution in [0.2, 0.25) is 15.1 Å². The summed E-state index contributed by atoms with van der Waals surface area (Å²) < 4.78 is 26.0. The molecule has 2 aromatic carbocycles. The molecule has 0 aliphatic heterocycles. The highest BCUT2D eigenvalue weighted by atomic mass is 35.5.